The van der Waals surface area contributed by atoms with E-state index < -0.39 is 7.60 Å². The van der Waals surface area contributed by atoms with Gasteiger partial charge in [0.25, 0.3) is 0 Å². The van der Waals surface area contributed by atoms with E-state index in [4.69, 9.17) is 4.74 Å². The maximum absolute atomic E-state index is 12.3. The third-order valence-electron chi connectivity index (χ3n) is 5.10. The van der Waals surface area contributed by atoms with Gasteiger partial charge in [-0.3, -0.25) is 4.57 Å². The summed E-state index contributed by atoms with van der Waals surface area (Å²) in [7, 11) is -2.88. The molecule has 3 rings (SSSR count). The first-order valence-electron chi connectivity index (χ1n) is 9.85. The number of nitrogens with zero attached hydrogens (tertiary/aromatic N) is 1. The monoisotopic (exact) mass is 413 g/mol. The minimum atomic E-state index is -4.52. The van der Waals surface area contributed by atoms with Crippen LogP contribution in [0.1, 0.15) is 44.6 Å². The average Bonchev–Trinajstić information content (AvgIpc) is 2.70. The molecule has 0 aliphatic heterocycles. The normalized spacial score (nSPS) is 13.2. The van der Waals surface area contributed by atoms with Crippen LogP contribution in [-0.2, 0) is 15.7 Å². The van der Waals surface area contributed by atoms with Crippen molar-refractivity contribution in [2.75, 3.05) is 7.11 Å². The summed E-state index contributed by atoms with van der Waals surface area (Å²) in [6, 6.07) is 15.3. The van der Waals surface area contributed by atoms with Crippen LogP contribution in [0, 0.1) is 5.92 Å². The van der Waals surface area contributed by atoms with E-state index in [-0.39, 0.29) is 11.4 Å². The van der Waals surface area contributed by atoms with E-state index in [0.29, 0.717) is 22.5 Å². The van der Waals surface area contributed by atoms with Gasteiger partial charge in [0.05, 0.1) is 22.6 Å². The molecule has 0 amide bonds. The number of ether oxygens (including phenoxy) is 1. The zero-order chi connectivity index (χ0) is 21.2. The van der Waals surface area contributed by atoms with Gasteiger partial charge in [0.15, 0.2) is 0 Å². The van der Waals surface area contributed by atoms with Crippen LogP contribution in [0.4, 0.5) is 0 Å². The van der Waals surface area contributed by atoms with Crippen molar-refractivity contribution in [3.05, 3.63) is 59.8 Å². The van der Waals surface area contributed by atoms with E-state index in [1.54, 1.807) is 13.2 Å². The Balaban J connectivity index is 2.16. The molecule has 29 heavy (non-hydrogen) atoms. The highest BCUT2D eigenvalue weighted by Crippen LogP contribution is 2.38. The summed E-state index contributed by atoms with van der Waals surface area (Å²) in [6.07, 6.45) is 1.50. The highest BCUT2D eigenvalue weighted by molar-refractivity contribution is 7.60. The van der Waals surface area contributed by atoms with E-state index in [9.17, 15) is 14.4 Å². The zero-order valence-electron chi connectivity index (χ0n) is 17.3. The topological polar surface area (TPSA) is 79.7 Å². The Bertz CT molecular complexity index is 1040. The molecule has 3 aromatic rings. The van der Waals surface area contributed by atoms with Gasteiger partial charge in [-0.25, -0.2) is 4.98 Å². The Morgan fingerprint density at radius 1 is 1.03 bits per heavy atom. The summed E-state index contributed by atoms with van der Waals surface area (Å²) in [5.74, 6) is 0.409. The second-order valence-electron chi connectivity index (χ2n) is 7.75. The molecule has 0 spiro atoms. The molecule has 2 aromatic carbocycles. The molecular weight excluding hydrogens is 385 g/mol. The van der Waals surface area contributed by atoms with Crippen molar-refractivity contribution in [1.29, 1.82) is 0 Å². The fraction of sp³-hybridized carbons (Fsp3) is 0.348. The fourth-order valence-electron chi connectivity index (χ4n) is 3.50. The summed E-state index contributed by atoms with van der Waals surface area (Å²) in [5.41, 5.74) is 3.90. The van der Waals surface area contributed by atoms with Crippen LogP contribution in [0.2, 0.25) is 0 Å². The van der Waals surface area contributed by atoms with Crippen molar-refractivity contribution in [2.45, 2.75) is 39.7 Å². The number of methoxy groups -OCH3 is 1. The molecule has 0 saturated carbocycles. The van der Waals surface area contributed by atoms with Crippen LogP contribution >= 0.6 is 7.60 Å². The van der Waals surface area contributed by atoms with Crippen molar-refractivity contribution in [1.82, 2.24) is 4.98 Å². The van der Waals surface area contributed by atoms with E-state index in [1.807, 2.05) is 42.5 Å². The number of rotatable bonds is 7. The van der Waals surface area contributed by atoms with Crippen LogP contribution in [0.25, 0.3) is 22.0 Å². The fourth-order valence-corrected chi connectivity index (χ4v) is 4.26. The first-order valence-corrected chi connectivity index (χ1v) is 11.5. The molecule has 1 aromatic heterocycles. The molecule has 154 valence electrons. The van der Waals surface area contributed by atoms with Crippen molar-refractivity contribution in [3.8, 4) is 11.1 Å². The minimum Gasteiger partial charge on any atom is -0.375 e. The smallest absolute Gasteiger partial charge is 0.358 e. The van der Waals surface area contributed by atoms with E-state index in [2.05, 4.69) is 25.8 Å². The van der Waals surface area contributed by atoms with Crippen molar-refractivity contribution < 1.29 is 19.1 Å². The van der Waals surface area contributed by atoms with Crippen LogP contribution in [0.15, 0.2) is 48.5 Å². The van der Waals surface area contributed by atoms with Gasteiger partial charge in [-0.15, -0.1) is 0 Å². The Hall–Kier alpha value is -2.04. The third-order valence-corrected chi connectivity index (χ3v) is 6.07. The lowest BCUT2D eigenvalue weighted by Gasteiger charge is -2.18. The SMILES string of the molecule is CCc1ccc(-c2cc(P(=O)(O)O)c3nc(C(CC(C)C)OC)ccc3c2)cc1. The van der Waals surface area contributed by atoms with E-state index >= 15 is 0 Å². The Kier molecular flexibility index (Phi) is 6.55. The predicted molar refractivity (Wildman–Crippen MR) is 117 cm³/mol. The summed E-state index contributed by atoms with van der Waals surface area (Å²) >= 11 is 0. The zero-order valence-corrected chi connectivity index (χ0v) is 18.2. The predicted octanol–water partition coefficient (Wildman–Crippen LogP) is 5.00. The number of hydrogen-bond acceptors (Lipinski definition) is 3. The molecule has 0 aliphatic rings. The van der Waals surface area contributed by atoms with Gasteiger partial charge >= 0.3 is 7.60 Å². The quantitative estimate of drug-likeness (QED) is 0.533. The second-order valence-corrected chi connectivity index (χ2v) is 9.32. The lowest BCUT2D eigenvalue weighted by molar-refractivity contribution is 0.0814. The van der Waals surface area contributed by atoms with Crippen molar-refractivity contribution >= 4 is 23.8 Å². The van der Waals surface area contributed by atoms with Crippen LogP contribution in [0.3, 0.4) is 0 Å². The molecule has 0 aliphatic carbocycles. The van der Waals surface area contributed by atoms with Gasteiger partial charge in [-0.1, -0.05) is 51.1 Å². The Morgan fingerprint density at radius 3 is 2.28 bits per heavy atom. The van der Waals surface area contributed by atoms with Gasteiger partial charge in [-0.2, -0.15) is 0 Å². The molecule has 0 bridgehead atoms. The molecule has 5 nitrogen and oxygen atoms in total. The molecule has 6 heteroatoms. The lowest BCUT2D eigenvalue weighted by atomic mass is 9.99. The molecule has 0 saturated heterocycles. The third kappa shape index (κ3) is 4.93. The highest BCUT2D eigenvalue weighted by atomic mass is 31.2. The van der Waals surface area contributed by atoms with Gasteiger partial charge in [0.1, 0.15) is 0 Å². The lowest BCUT2D eigenvalue weighted by Crippen LogP contribution is -2.12. The van der Waals surface area contributed by atoms with Crippen LogP contribution in [-0.4, -0.2) is 21.9 Å². The highest BCUT2D eigenvalue weighted by Gasteiger charge is 2.24. The molecule has 1 atom stereocenters. The van der Waals surface area contributed by atoms with Gasteiger partial charge < -0.3 is 14.5 Å². The molecular formula is C23H28NO4P. The number of fused-ring (bicyclic) bond motifs is 1. The minimum absolute atomic E-state index is 0.0502. The number of aryl methyl sites for hydroxylation is 1. The molecule has 2 N–H and O–H groups in total. The number of hydrogen-bond donors (Lipinski definition) is 2. The summed E-state index contributed by atoms with van der Waals surface area (Å²) < 4.78 is 17.9. The number of pyridine rings is 1. The van der Waals surface area contributed by atoms with E-state index in [1.165, 1.54) is 5.56 Å². The van der Waals surface area contributed by atoms with E-state index in [0.717, 1.165) is 24.0 Å². The molecule has 1 heterocycles. The van der Waals surface area contributed by atoms with Crippen LogP contribution in [0.5, 0.6) is 0 Å². The largest absolute Gasteiger partial charge is 0.375 e. The van der Waals surface area contributed by atoms with Gasteiger partial charge in [-0.05, 0) is 53.6 Å². The van der Waals surface area contributed by atoms with Crippen molar-refractivity contribution in [3.63, 3.8) is 0 Å². The first kappa shape index (κ1) is 21.7. The van der Waals surface area contributed by atoms with Crippen molar-refractivity contribution in [2.24, 2.45) is 5.92 Å². The number of benzene rings is 2. The Labute approximate surface area is 171 Å². The van der Waals surface area contributed by atoms with Gasteiger partial charge in [0, 0.05) is 12.5 Å². The summed E-state index contributed by atoms with van der Waals surface area (Å²) in [4.78, 5) is 24.6. The summed E-state index contributed by atoms with van der Waals surface area (Å²) in [6.45, 7) is 6.29. The first-order chi connectivity index (χ1) is 13.7. The van der Waals surface area contributed by atoms with Gasteiger partial charge in [0.2, 0.25) is 0 Å². The van der Waals surface area contributed by atoms with Crippen LogP contribution < -0.4 is 5.30 Å². The summed E-state index contributed by atoms with van der Waals surface area (Å²) in [5, 5.41) is 0.648. The standard InChI is InChI=1S/C23H28NO4P/c1-5-16-6-8-17(9-7-16)19-13-18-10-11-20(21(28-4)12-15(2)3)24-23(18)22(14-19)29(25,26)27/h6-11,13-15,21H,5,12H2,1-4H3,(H2,25,26,27). The second kappa shape index (κ2) is 8.76. The Morgan fingerprint density at radius 2 is 1.72 bits per heavy atom. The molecule has 1 unspecified atom stereocenters. The average molecular weight is 413 g/mol. The molecule has 0 fully saturated rings. The maximum atomic E-state index is 12.3. The number of aromatic nitrogens is 1. The maximum Gasteiger partial charge on any atom is 0.358 e. The molecule has 0 radical (unpaired) electrons.